The average molecular weight is 503 g/mol. The Labute approximate surface area is 215 Å². The summed E-state index contributed by atoms with van der Waals surface area (Å²) in [5, 5.41) is 7.56. The highest BCUT2D eigenvalue weighted by Crippen LogP contribution is 2.34. The minimum absolute atomic E-state index is 0.102. The number of aromatic nitrogens is 4. The van der Waals surface area contributed by atoms with Gasteiger partial charge in [0.25, 0.3) is 5.89 Å². The number of hydrogen-bond acceptors (Lipinski definition) is 7. The number of hydrogen-bond donors (Lipinski definition) is 1. The molecule has 2 aliphatic heterocycles. The van der Waals surface area contributed by atoms with E-state index in [0.717, 1.165) is 41.3 Å². The number of nitrogens with zero attached hydrogens (tertiary/aromatic N) is 5. The molecule has 37 heavy (non-hydrogen) atoms. The smallest absolute Gasteiger partial charge is 0.259 e. The second kappa shape index (κ2) is 10.1. The first kappa shape index (κ1) is 23.8. The van der Waals surface area contributed by atoms with Gasteiger partial charge in [-0.15, -0.1) is 0 Å². The Morgan fingerprint density at radius 2 is 1.86 bits per heavy atom. The predicted molar refractivity (Wildman–Crippen MR) is 139 cm³/mol. The molecule has 2 aliphatic rings. The van der Waals surface area contributed by atoms with Gasteiger partial charge < -0.3 is 24.0 Å². The largest absolute Gasteiger partial charge is 0.374 e. The Bertz CT molecular complexity index is 1340. The van der Waals surface area contributed by atoms with Crippen LogP contribution in [-0.2, 0) is 17.0 Å². The topological polar surface area (TPSA) is 81.2 Å². The third-order valence-electron chi connectivity index (χ3n) is 7.22. The standard InChI is InChI=1S/C28H31FN6O2/c1-20-14-23(27-32-26(33-37-27)22-5-7-24(8-6-22)28(29)18-36-19-28)17-35(20)16-21-4-9-25(31-15-21)30-10-13-34-11-2-3-12-34/h4-9,14-15,17H,2-3,10-13,16,18-19H2,1H3,(H,30,31). The van der Waals surface area contributed by atoms with Crippen LogP contribution < -0.4 is 5.32 Å². The van der Waals surface area contributed by atoms with E-state index in [2.05, 4.69) is 42.9 Å². The number of rotatable bonds is 9. The summed E-state index contributed by atoms with van der Waals surface area (Å²) in [6.45, 7) is 7.35. The Hall–Kier alpha value is -3.56. The van der Waals surface area contributed by atoms with Crippen molar-refractivity contribution in [1.29, 1.82) is 0 Å². The number of benzene rings is 1. The van der Waals surface area contributed by atoms with Crippen LogP contribution in [0, 0.1) is 6.92 Å². The van der Waals surface area contributed by atoms with Crippen LogP contribution in [-0.4, -0.2) is 64.0 Å². The lowest BCUT2D eigenvalue weighted by Gasteiger charge is -2.34. The van der Waals surface area contributed by atoms with Gasteiger partial charge in [0, 0.05) is 43.3 Å². The van der Waals surface area contributed by atoms with Crippen molar-refractivity contribution in [3.63, 3.8) is 0 Å². The molecule has 6 rings (SSSR count). The van der Waals surface area contributed by atoms with Gasteiger partial charge in [-0.1, -0.05) is 35.5 Å². The summed E-state index contributed by atoms with van der Waals surface area (Å²) in [7, 11) is 0. The van der Waals surface area contributed by atoms with E-state index in [9.17, 15) is 4.39 Å². The number of pyridine rings is 1. The molecule has 1 aromatic carbocycles. The molecule has 0 spiro atoms. The third kappa shape index (κ3) is 5.14. The van der Waals surface area contributed by atoms with Crippen molar-refractivity contribution in [1.82, 2.24) is 24.6 Å². The molecule has 0 unspecified atom stereocenters. The molecular formula is C28H31FN6O2. The molecule has 0 saturated carbocycles. The fourth-order valence-corrected chi connectivity index (χ4v) is 4.89. The van der Waals surface area contributed by atoms with Crippen LogP contribution in [0.3, 0.4) is 0 Å². The summed E-state index contributed by atoms with van der Waals surface area (Å²) >= 11 is 0. The van der Waals surface area contributed by atoms with E-state index in [-0.39, 0.29) is 13.2 Å². The number of halogens is 1. The Morgan fingerprint density at radius 3 is 2.57 bits per heavy atom. The predicted octanol–water partition coefficient (Wildman–Crippen LogP) is 4.66. The van der Waals surface area contributed by atoms with E-state index in [1.54, 1.807) is 12.1 Å². The van der Waals surface area contributed by atoms with Crippen molar-refractivity contribution >= 4 is 5.82 Å². The van der Waals surface area contributed by atoms with E-state index < -0.39 is 5.67 Å². The maximum atomic E-state index is 14.5. The van der Waals surface area contributed by atoms with E-state index in [1.165, 1.54) is 25.9 Å². The Morgan fingerprint density at radius 1 is 1.05 bits per heavy atom. The molecule has 2 saturated heterocycles. The number of likely N-dealkylation sites (tertiary alicyclic amines) is 1. The van der Waals surface area contributed by atoms with Crippen molar-refractivity contribution in [2.24, 2.45) is 0 Å². The molecule has 9 heteroatoms. The summed E-state index contributed by atoms with van der Waals surface area (Å²) in [4.78, 5) is 11.6. The monoisotopic (exact) mass is 502 g/mol. The molecule has 5 heterocycles. The minimum Gasteiger partial charge on any atom is -0.374 e. The van der Waals surface area contributed by atoms with Gasteiger partial charge >= 0.3 is 0 Å². The lowest BCUT2D eigenvalue weighted by Crippen LogP contribution is -2.42. The zero-order valence-corrected chi connectivity index (χ0v) is 21.0. The van der Waals surface area contributed by atoms with Crippen LogP contribution in [0.4, 0.5) is 10.2 Å². The molecule has 0 aliphatic carbocycles. The number of nitrogens with one attached hydrogen (secondary N) is 1. The highest BCUT2D eigenvalue weighted by Gasteiger charge is 2.40. The fourth-order valence-electron chi connectivity index (χ4n) is 4.89. The van der Waals surface area contributed by atoms with Crippen LogP contribution in [0.1, 0.15) is 29.7 Å². The normalized spacial score (nSPS) is 17.1. The molecule has 192 valence electrons. The van der Waals surface area contributed by atoms with E-state index >= 15 is 0 Å². The summed E-state index contributed by atoms with van der Waals surface area (Å²) in [6, 6.07) is 13.3. The molecule has 2 fully saturated rings. The van der Waals surface area contributed by atoms with Crippen molar-refractivity contribution in [3.05, 3.63) is 71.7 Å². The quantitative estimate of drug-likeness (QED) is 0.357. The Balaban J connectivity index is 1.08. The van der Waals surface area contributed by atoms with Crippen LogP contribution in [0.2, 0.25) is 0 Å². The molecule has 4 aromatic rings. The number of aryl methyl sites for hydroxylation is 1. The van der Waals surface area contributed by atoms with Gasteiger partial charge in [0.05, 0.1) is 18.8 Å². The zero-order chi connectivity index (χ0) is 25.2. The van der Waals surface area contributed by atoms with Crippen LogP contribution in [0.15, 0.2) is 59.4 Å². The SMILES string of the molecule is Cc1cc(-c2nc(-c3ccc(C4(F)COC4)cc3)no2)cn1Cc1ccc(NCCN2CCCC2)nc1. The van der Waals surface area contributed by atoms with Crippen molar-refractivity contribution in [2.75, 3.05) is 44.7 Å². The highest BCUT2D eigenvalue weighted by molar-refractivity contribution is 5.60. The number of anilines is 1. The van der Waals surface area contributed by atoms with Gasteiger partial charge in [-0.05, 0) is 56.1 Å². The molecular weight excluding hydrogens is 471 g/mol. The second-order valence-electron chi connectivity index (χ2n) is 9.98. The van der Waals surface area contributed by atoms with Crippen molar-refractivity contribution < 1.29 is 13.7 Å². The summed E-state index contributed by atoms with van der Waals surface area (Å²) in [5.74, 6) is 1.83. The first-order chi connectivity index (χ1) is 18.1. The first-order valence-electron chi connectivity index (χ1n) is 12.9. The van der Waals surface area contributed by atoms with Gasteiger partial charge in [0.15, 0.2) is 5.67 Å². The molecule has 0 bridgehead atoms. The molecule has 0 radical (unpaired) electrons. The molecule has 3 aromatic heterocycles. The van der Waals surface area contributed by atoms with Crippen LogP contribution >= 0.6 is 0 Å². The molecule has 0 atom stereocenters. The van der Waals surface area contributed by atoms with Crippen molar-refractivity contribution in [3.8, 4) is 22.8 Å². The molecule has 1 N–H and O–H groups in total. The van der Waals surface area contributed by atoms with E-state index in [0.29, 0.717) is 23.8 Å². The molecule has 0 amide bonds. The van der Waals surface area contributed by atoms with Gasteiger partial charge in [-0.2, -0.15) is 4.98 Å². The molecule has 8 nitrogen and oxygen atoms in total. The lowest BCUT2D eigenvalue weighted by atomic mass is 9.93. The van der Waals surface area contributed by atoms with Crippen LogP contribution in [0.5, 0.6) is 0 Å². The maximum absolute atomic E-state index is 14.5. The second-order valence-corrected chi connectivity index (χ2v) is 9.98. The summed E-state index contributed by atoms with van der Waals surface area (Å²) in [6.07, 6.45) is 6.56. The highest BCUT2D eigenvalue weighted by atomic mass is 19.1. The maximum Gasteiger partial charge on any atom is 0.259 e. The summed E-state index contributed by atoms with van der Waals surface area (Å²) in [5.41, 5.74) is 3.06. The van der Waals surface area contributed by atoms with Gasteiger partial charge in [-0.3, -0.25) is 0 Å². The van der Waals surface area contributed by atoms with Gasteiger partial charge in [0.2, 0.25) is 5.82 Å². The lowest BCUT2D eigenvalue weighted by molar-refractivity contribution is -0.135. The van der Waals surface area contributed by atoms with Crippen molar-refractivity contribution in [2.45, 2.75) is 32.0 Å². The first-order valence-corrected chi connectivity index (χ1v) is 12.9. The number of alkyl halides is 1. The summed E-state index contributed by atoms with van der Waals surface area (Å²) < 4.78 is 27.2. The number of ether oxygens (including phenoxy) is 1. The van der Waals surface area contributed by atoms with Gasteiger partial charge in [0.1, 0.15) is 5.82 Å². The minimum atomic E-state index is -1.39. The zero-order valence-electron chi connectivity index (χ0n) is 21.0. The van der Waals surface area contributed by atoms with E-state index in [4.69, 9.17) is 9.26 Å². The van der Waals surface area contributed by atoms with E-state index in [1.807, 2.05) is 36.7 Å². The average Bonchev–Trinajstić information content (AvgIpc) is 3.66. The third-order valence-corrected chi connectivity index (χ3v) is 7.22. The Kier molecular flexibility index (Phi) is 6.48. The van der Waals surface area contributed by atoms with Gasteiger partial charge in [-0.25, -0.2) is 9.37 Å². The fraction of sp³-hybridized carbons (Fsp3) is 0.393. The van der Waals surface area contributed by atoms with Crippen LogP contribution in [0.25, 0.3) is 22.8 Å².